The molecule has 0 bridgehead atoms. The molecule has 0 radical (unpaired) electrons. The summed E-state index contributed by atoms with van der Waals surface area (Å²) < 4.78 is 5.13. The minimum atomic E-state index is -0.249. The molecule has 0 saturated heterocycles. The number of anilines is 1. The van der Waals surface area contributed by atoms with Crippen molar-refractivity contribution in [2.24, 2.45) is 0 Å². The Morgan fingerprint density at radius 3 is 3.19 bits per heavy atom. The lowest BCUT2D eigenvalue weighted by Gasteiger charge is -2.15. The Hall–Kier alpha value is -2.35. The van der Waals surface area contributed by atoms with Crippen molar-refractivity contribution in [3.63, 3.8) is 0 Å². The molecule has 16 heavy (non-hydrogen) atoms. The highest BCUT2D eigenvalue weighted by Gasteiger charge is 2.11. The third kappa shape index (κ3) is 1.73. The lowest BCUT2D eigenvalue weighted by Crippen LogP contribution is -2.25. The summed E-state index contributed by atoms with van der Waals surface area (Å²) in [6.45, 7) is 0. The minimum Gasteiger partial charge on any atom is -0.443 e. The summed E-state index contributed by atoms with van der Waals surface area (Å²) in [6, 6.07) is 7.08. The second-order valence-corrected chi connectivity index (χ2v) is 3.29. The van der Waals surface area contributed by atoms with Gasteiger partial charge in [-0.15, -0.1) is 0 Å². The molecular weight excluding hydrogens is 206 g/mol. The maximum absolute atomic E-state index is 11.5. The van der Waals surface area contributed by atoms with Crippen LogP contribution in [0.2, 0.25) is 0 Å². The highest BCUT2D eigenvalue weighted by Crippen LogP contribution is 2.20. The maximum Gasteiger partial charge on any atom is 0.240 e. The summed E-state index contributed by atoms with van der Waals surface area (Å²) in [5.41, 5.74) is 2.04. The molecule has 0 aliphatic carbocycles. The molecular formula is C11H9N3O2. The molecule has 0 unspecified atom stereocenters. The molecule has 0 aliphatic rings. The van der Waals surface area contributed by atoms with E-state index in [9.17, 15) is 4.79 Å². The van der Waals surface area contributed by atoms with Crippen LogP contribution in [-0.4, -0.2) is 17.9 Å². The number of fused-ring (bicyclic) bond motifs is 1. The first kappa shape index (κ1) is 10.2. The van der Waals surface area contributed by atoms with E-state index in [-0.39, 0.29) is 12.3 Å². The summed E-state index contributed by atoms with van der Waals surface area (Å²) in [5.74, 6) is -0.249. The van der Waals surface area contributed by atoms with Crippen LogP contribution in [0.4, 0.5) is 5.69 Å². The van der Waals surface area contributed by atoms with Gasteiger partial charge in [-0.25, -0.2) is 4.98 Å². The van der Waals surface area contributed by atoms with E-state index in [0.29, 0.717) is 11.3 Å². The number of carbonyl (C=O) groups is 1. The summed E-state index contributed by atoms with van der Waals surface area (Å²) in [6.07, 6.45) is 1.22. The van der Waals surface area contributed by atoms with E-state index in [4.69, 9.17) is 9.68 Å². The normalized spacial score (nSPS) is 10.0. The van der Waals surface area contributed by atoms with Gasteiger partial charge in [-0.2, -0.15) is 5.26 Å². The molecule has 2 aromatic rings. The second kappa shape index (κ2) is 4.03. The van der Waals surface area contributed by atoms with Crippen molar-refractivity contribution in [3.05, 3.63) is 24.6 Å². The van der Waals surface area contributed by atoms with E-state index in [2.05, 4.69) is 4.98 Å². The SMILES string of the molecule is CN(C(=O)CC#N)c1ccc2ncoc2c1. The van der Waals surface area contributed by atoms with Crippen LogP contribution in [-0.2, 0) is 4.79 Å². The summed E-state index contributed by atoms with van der Waals surface area (Å²) >= 11 is 0. The van der Waals surface area contributed by atoms with Gasteiger partial charge >= 0.3 is 0 Å². The Morgan fingerprint density at radius 1 is 1.62 bits per heavy atom. The van der Waals surface area contributed by atoms with Crippen molar-refractivity contribution in [2.45, 2.75) is 6.42 Å². The number of aromatic nitrogens is 1. The summed E-state index contributed by atoms with van der Waals surface area (Å²) in [4.78, 5) is 16.9. The number of amides is 1. The van der Waals surface area contributed by atoms with Gasteiger partial charge in [0.2, 0.25) is 5.91 Å². The van der Waals surface area contributed by atoms with Gasteiger partial charge in [0.15, 0.2) is 12.0 Å². The predicted molar refractivity (Wildman–Crippen MR) is 57.6 cm³/mol. The van der Waals surface area contributed by atoms with Gasteiger partial charge in [0.05, 0.1) is 6.07 Å². The lowest BCUT2D eigenvalue weighted by atomic mass is 10.2. The number of oxazole rings is 1. The molecule has 0 spiro atoms. The Bertz CT molecular complexity index is 568. The number of rotatable bonds is 2. The predicted octanol–water partition coefficient (Wildman–Crippen LogP) is 1.70. The van der Waals surface area contributed by atoms with E-state index >= 15 is 0 Å². The third-order valence-corrected chi connectivity index (χ3v) is 2.31. The molecule has 1 heterocycles. The molecule has 1 aromatic carbocycles. The van der Waals surface area contributed by atoms with E-state index in [1.54, 1.807) is 25.2 Å². The van der Waals surface area contributed by atoms with Crippen LogP contribution < -0.4 is 4.90 Å². The van der Waals surface area contributed by atoms with Crippen LogP contribution in [0, 0.1) is 11.3 Å². The first-order valence-corrected chi connectivity index (χ1v) is 4.69. The van der Waals surface area contributed by atoms with Gasteiger partial charge < -0.3 is 9.32 Å². The first-order valence-electron chi connectivity index (χ1n) is 4.69. The molecule has 0 aliphatic heterocycles. The van der Waals surface area contributed by atoms with Gasteiger partial charge in [0, 0.05) is 18.8 Å². The third-order valence-electron chi connectivity index (χ3n) is 2.31. The number of hydrogen-bond acceptors (Lipinski definition) is 4. The monoisotopic (exact) mass is 215 g/mol. The van der Waals surface area contributed by atoms with Crippen LogP contribution in [0.15, 0.2) is 29.0 Å². The Labute approximate surface area is 91.9 Å². The number of benzene rings is 1. The van der Waals surface area contributed by atoms with Crippen LogP contribution in [0.5, 0.6) is 0 Å². The zero-order valence-corrected chi connectivity index (χ0v) is 8.67. The minimum absolute atomic E-state index is 0.134. The van der Waals surface area contributed by atoms with E-state index in [1.807, 2.05) is 6.07 Å². The quantitative estimate of drug-likeness (QED) is 0.764. The Kier molecular flexibility index (Phi) is 2.56. The van der Waals surface area contributed by atoms with E-state index in [0.717, 1.165) is 5.52 Å². The fourth-order valence-electron chi connectivity index (χ4n) is 1.38. The average Bonchev–Trinajstić information content (AvgIpc) is 2.75. The fraction of sp³-hybridized carbons (Fsp3) is 0.182. The average molecular weight is 215 g/mol. The number of nitriles is 1. The molecule has 0 fully saturated rings. The Morgan fingerprint density at radius 2 is 2.44 bits per heavy atom. The molecule has 0 N–H and O–H groups in total. The van der Waals surface area contributed by atoms with Crippen molar-refractivity contribution in [1.29, 1.82) is 5.26 Å². The molecule has 0 saturated carbocycles. The van der Waals surface area contributed by atoms with Crippen LogP contribution in [0.25, 0.3) is 11.1 Å². The fourth-order valence-corrected chi connectivity index (χ4v) is 1.38. The number of nitrogens with zero attached hydrogens (tertiary/aromatic N) is 3. The van der Waals surface area contributed by atoms with Gasteiger partial charge in [-0.05, 0) is 12.1 Å². The summed E-state index contributed by atoms with van der Waals surface area (Å²) in [5, 5.41) is 8.45. The topological polar surface area (TPSA) is 70.1 Å². The number of carbonyl (C=O) groups excluding carboxylic acids is 1. The summed E-state index contributed by atoms with van der Waals surface area (Å²) in [7, 11) is 1.62. The van der Waals surface area contributed by atoms with Crippen molar-refractivity contribution in [1.82, 2.24) is 4.98 Å². The van der Waals surface area contributed by atoms with Crippen LogP contribution >= 0.6 is 0 Å². The molecule has 0 atom stereocenters. The van der Waals surface area contributed by atoms with E-state index in [1.165, 1.54) is 11.3 Å². The molecule has 80 valence electrons. The lowest BCUT2D eigenvalue weighted by molar-refractivity contribution is -0.117. The zero-order valence-electron chi connectivity index (χ0n) is 8.67. The molecule has 1 aromatic heterocycles. The van der Waals surface area contributed by atoms with Crippen LogP contribution in [0.1, 0.15) is 6.42 Å². The number of hydrogen-bond donors (Lipinski definition) is 0. The smallest absolute Gasteiger partial charge is 0.240 e. The molecule has 2 rings (SSSR count). The highest BCUT2D eigenvalue weighted by atomic mass is 16.3. The maximum atomic E-state index is 11.5. The van der Waals surface area contributed by atoms with Crippen molar-refractivity contribution in [3.8, 4) is 6.07 Å². The van der Waals surface area contributed by atoms with Crippen LogP contribution in [0.3, 0.4) is 0 Å². The molecule has 5 heteroatoms. The van der Waals surface area contributed by atoms with Gasteiger partial charge in [0.1, 0.15) is 11.9 Å². The largest absolute Gasteiger partial charge is 0.443 e. The highest BCUT2D eigenvalue weighted by molar-refractivity contribution is 5.95. The van der Waals surface area contributed by atoms with Gasteiger partial charge in [-0.3, -0.25) is 4.79 Å². The second-order valence-electron chi connectivity index (χ2n) is 3.29. The van der Waals surface area contributed by atoms with Gasteiger partial charge in [0.25, 0.3) is 0 Å². The first-order chi connectivity index (χ1) is 7.72. The van der Waals surface area contributed by atoms with Crippen molar-refractivity contribution in [2.75, 3.05) is 11.9 Å². The van der Waals surface area contributed by atoms with Gasteiger partial charge in [-0.1, -0.05) is 0 Å². The van der Waals surface area contributed by atoms with Crippen molar-refractivity contribution < 1.29 is 9.21 Å². The molecule has 5 nitrogen and oxygen atoms in total. The van der Waals surface area contributed by atoms with E-state index < -0.39 is 0 Å². The van der Waals surface area contributed by atoms with Crippen molar-refractivity contribution >= 4 is 22.7 Å². The molecule has 1 amide bonds. The Balaban J connectivity index is 2.32. The standard InChI is InChI=1S/C11H9N3O2/c1-14(11(15)4-5-12)8-2-3-9-10(6-8)16-7-13-9/h2-3,6-7H,4H2,1H3. The zero-order chi connectivity index (χ0) is 11.5.